The molecule has 7 rings (SSSR count). The Balaban J connectivity index is 1.31. The maximum absolute atomic E-state index is 14.0. The molecule has 6 nitrogen and oxygen atoms in total. The minimum absolute atomic E-state index is 0.0676. The highest BCUT2D eigenvalue weighted by Crippen LogP contribution is 2.61. The largest absolute Gasteiger partial charge is 0.486 e. The molecule has 1 amide bonds. The van der Waals surface area contributed by atoms with Crippen LogP contribution < -0.4 is 10.1 Å². The van der Waals surface area contributed by atoms with Crippen molar-refractivity contribution in [2.75, 3.05) is 0 Å². The highest BCUT2D eigenvalue weighted by atomic mass is 19.4. The number of rotatable bonds is 8. The Bertz CT molecular complexity index is 1450. The van der Waals surface area contributed by atoms with Gasteiger partial charge < -0.3 is 14.8 Å². The molecule has 4 bridgehead atoms. The number of aromatic nitrogens is 1. The van der Waals surface area contributed by atoms with Gasteiger partial charge in [0.25, 0.3) is 5.91 Å². The van der Waals surface area contributed by atoms with Crippen molar-refractivity contribution in [3.8, 4) is 5.75 Å². The molecule has 1 atom stereocenters. The maximum atomic E-state index is 14.0. The zero-order valence-electron chi connectivity index (χ0n) is 23.7. The van der Waals surface area contributed by atoms with Crippen LogP contribution in [0.4, 0.5) is 13.2 Å². The van der Waals surface area contributed by atoms with Gasteiger partial charge >= 0.3 is 12.1 Å². The Morgan fingerprint density at radius 1 is 0.976 bits per heavy atom. The number of ether oxygens (including phenoxy) is 2. The van der Waals surface area contributed by atoms with Gasteiger partial charge in [-0.3, -0.25) is 9.78 Å². The summed E-state index contributed by atoms with van der Waals surface area (Å²) in [5.74, 6) is 1.03. The summed E-state index contributed by atoms with van der Waals surface area (Å²) in [6.07, 6.45) is 3.10. The number of fused-ring (bicyclic) bond motifs is 1. The van der Waals surface area contributed by atoms with Crippen LogP contribution in [0.5, 0.6) is 5.75 Å². The lowest BCUT2D eigenvalue weighted by molar-refractivity contribution is -0.161. The van der Waals surface area contributed by atoms with Crippen LogP contribution in [-0.4, -0.2) is 29.0 Å². The molecule has 4 saturated carbocycles. The Morgan fingerprint density at radius 3 is 2.21 bits per heavy atom. The highest BCUT2D eigenvalue weighted by Gasteiger charge is 2.57. The number of halogens is 3. The van der Waals surface area contributed by atoms with Crippen LogP contribution in [0.15, 0.2) is 54.7 Å². The number of carbonyl (C=O) groups is 2. The summed E-state index contributed by atoms with van der Waals surface area (Å²) in [7, 11) is 0. The molecule has 42 heavy (non-hydrogen) atoms. The first-order chi connectivity index (χ1) is 20.0. The first-order valence-corrected chi connectivity index (χ1v) is 14.7. The fourth-order valence-electron chi connectivity index (χ4n) is 7.89. The zero-order valence-corrected chi connectivity index (χ0v) is 23.7. The van der Waals surface area contributed by atoms with Gasteiger partial charge in [0.05, 0.1) is 17.2 Å². The monoisotopic (exact) mass is 580 g/mol. The normalized spacial score (nSPS) is 25.4. The van der Waals surface area contributed by atoms with Crippen molar-refractivity contribution < 1.29 is 32.2 Å². The SMILES string of the molecule is CC(C)OC(=O)[C@@H](NC(=O)c1ccc2cccnc2c1OCc1ccc(C(F)(F)F)cc1)C12CC3CC(CC(C3)C1)C2. The van der Waals surface area contributed by atoms with Crippen LogP contribution >= 0.6 is 0 Å². The van der Waals surface area contributed by atoms with E-state index in [0.717, 1.165) is 36.8 Å². The molecular weight excluding hydrogens is 545 g/mol. The molecule has 0 aliphatic heterocycles. The minimum Gasteiger partial charge on any atom is -0.486 e. The molecule has 222 valence electrons. The second kappa shape index (κ2) is 10.9. The molecule has 4 aliphatic rings. The van der Waals surface area contributed by atoms with Gasteiger partial charge in [0.1, 0.15) is 18.2 Å². The summed E-state index contributed by atoms with van der Waals surface area (Å²) >= 11 is 0. The number of hydrogen-bond donors (Lipinski definition) is 1. The molecule has 9 heteroatoms. The molecule has 4 aliphatic carbocycles. The van der Waals surface area contributed by atoms with E-state index < -0.39 is 29.7 Å². The zero-order chi connectivity index (χ0) is 29.6. The number of carbonyl (C=O) groups excluding carboxylic acids is 2. The average Bonchev–Trinajstić information content (AvgIpc) is 2.93. The van der Waals surface area contributed by atoms with Gasteiger partial charge in [-0.05, 0) is 100.0 Å². The second-order valence-electron chi connectivity index (χ2n) is 12.7. The van der Waals surface area contributed by atoms with Gasteiger partial charge in [0.15, 0.2) is 5.75 Å². The molecule has 1 heterocycles. The minimum atomic E-state index is -4.44. The molecule has 0 saturated heterocycles. The number of nitrogens with zero attached hydrogens (tertiary/aromatic N) is 1. The molecular formula is C33H35F3N2O4. The first-order valence-electron chi connectivity index (χ1n) is 14.7. The van der Waals surface area contributed by atoms with Crippen molar-refractivity contribution >= 4 is 22.8 Å². The quantitative estimate of drug-likeness (QED) is 0.288. The van der Waals surface area contributed by atoms with Crippen molar-refractivity contribution in [1.29, 1.82) is 0 Å². The van der Waals surface area contributed by atoms with E-state index in [1.165, 1.54) is 31.4 Å². The van der Waals surface area contributed by atoms with E-state index in [0.29, 0.717) is 28.8 Å². The number of amides is 1. The van der Waals surface area contributed by atoms with Gasteiger partial charge in [-0.25, -0.2) is 4.79 Å². The van der Waals surface area contributed by atoms with E-state index in [9.17, 15) is 22.8 Å². The summed E-state index contributed by atoms with van der Waals surface area (Å²) in [6.45, 7) is 3.54. The second-order valence-corrected chi connectivity index (χ2v) is 12.7. The highest BCUT2D eigenvalue weighted by molar-refractivity contribution is 6.04. The van der Waals surface area contributed by atoms with E-state index in [1.54, 1.807) is 38.2 Å². The molecule has 1 N–H and O–H groups in total. The van der Waals surface area contributed by atoms with Crippen LogP contribution in [0.25, 0.3) is 10.9 Å². The van der Waals surface area contributed by atoms with Crippen LogP contribution in [0, 0.1) is 23.2 Å². The topological polar surface area (TPSA) is 77.5 Å². The van der Waals surface area contributed by atoms with E-state index in [2.05, 4.69) is 10.3 Å². The predicted octanol–water partition coefficient (Wildman–Crippen LogP) is 7.10. The molecule has 4 fully saturated rings. The summed E-state index contributed by atoms with van der Waals surface area (Å²) < 4.78 is 50.9. The molecule has 0 radical (unpaired) electrons. The molecule has 2 aromatic carbocycles. The summed E-state index contributed by atoms with van der Waals surface area (Å²) in [5.41, 5.74) is 0.0805. The summed E-state index contributed by atoms with van der Waals surface area (Å²) in [5, 5.41) is 3.82. The smallest absolute Gasteiger partial charge is 0.416 e. The van der Waals surface area contributed by atoms with Crippen LogP contribution in [-0.2, 0) is 22.3 Å². The number of benzene rings is 2. The van der Waals surface area contributed by atoms with E-state index in [-0.39, 0.29) is 29.4 Å². The molecule has 0 spiro atoms. The van der Waals surface area contributed by atoms with Gasteiger partial charge in [0, 0.05) is 17.0 Å². The number of hydrogen-bond acceptors (Lipinski definition) is 5. The summed E-state index contributed by atoms with van der Waals surface area (Å²) in [4.78, 5) is 32.0. The van der Waals surface area contributed by atoms with Gasteiger partial charge in [0.2, 0.25) is 0 Å². The van der Waals surface area contributed by atoms with Crippen molar-refractivity contribution in [2.24, 2.45) is 23.2 Å². The Hall–Kier alpha value is -3.62. The third-order valence-electron chi connectivity index (χ3n) is 9.20. The lowest BCUT2D eigenvalue weighted by atomic mass is 9.47. The Labute approximate surface area is 243 Å². The van der Waals surface area contributed by atoms with Crippen LogP contribution in [0.2, 0.25) is 0 Å². The number of nitrogens with one attached hydrogen (secondary N) is 1. The fraction of sp³-hybridized carbons (Fsp3) is 0.485. The molecule has 0 unspecified atom stereocenters. The predicted molar refractivity (Wildman–Crippen MR) is 151 cm³/mol. The molecule has 3 aromatic rings. The van der Waals surface area contributed by atoms with Crippen molar-refractivity contribution in [2.45, 2.75) is 77.3 Å². The number of pyridine rings is 1. The maximum Gasteiger partial charge on any atom is 0.416 e. The first kappa shape index (κ1) is 28.5. The van der Waals surface area contributed by atoms with Gasteiger partial charge in [-0.2, -0.15) is 13.2 Å². The Morgan fingerprint density at radius 2 is 1.62 bits per heavy atom. The molecule has 1 aromatic heterocycles. The number of esters is 1. The fourth-order valence-corrected chi connectivity index (χ4v) is 7.89. The van der Waals surface area contributed by atoms with E-state index >= 15 is 0 Å². The third kappa shape index (κ3) is 5.57. The van der Waals surface area contributed by atoms with Crippen molar-refractivity contribution in [3.63, 3.8) is 0 Å². The van der Waals surface area contributed by atoms with E-state index in [1.807, 2.05) is 6.07 Å². The average molecular weight is 581 g/mol. The lowest BCUT2D eigenvalue weighted by Gasteiger charge is -2.58. The third-order valence-corrected chi connectivity index (χ3v) is 9.20. The van der Waals surface area contributed by atoms with Gasteiger partial charge in [-0.1, -0.05) is 24.3 Å². The van der Waals surface area contributed by atoms with E-state index in [4.69, 9.17) is 9.47 Å². The Kier molecular flexibility index (Phi) is 7.39. The summed E-state index contributed by atoms with van der Waals surface area (Å²) in [6, 6.07) is 11.0. The lowest BCUT2D eigenvalue weighted by Crippen LogP contribution is -2.60. The van der Waals surface area contributed by atoms with Crippen molar-refractivity contribution in [1.82, 2.24) is 10.3 Å². The van der Waals surface area contributed by atoms with Gasteiger partial charge in [-0.15, -0.1) is 0 Å². The van der Waals surface area contributed by atoms with Crippen LogP contribution in [0.3, 0.4) is 0 Å². The standard InChI is InChI=1S/C33H35F3N2O4/c1-19(2)42-31(40)29(32-15-21-12-22(16-32)14-23(13-21)17-32)38-30(39)26-10-7-24-4-3-11-37-27(24)28(26)41-18-20-5-8-25(9-6-20)33(34,35)36/h3-11,19,21-23,29H,12-18H2,1-2H3,(H,38,39)/t21?,22?,23?,29-,32?/m1/s1. The van der Waals surface area contributed by atoms with Crippen LogP contribution in [0.1, 0.15) is 73.9 Å². The number of alkyl halides is 3. The van der Waals surface area contributed by atoms with Crippen molar-refractivity contribution in [3.05, 3.63) is 71.4 Å².